The molecule has 1 aliphatic carbocycles. The highest BCUT2D eigenvalue weighted by Gasteiger charge is 2.58. The number of amides is 1. The minimum absolute atomic E-state index is 0.0398. The topological polar surface area (TPSA) is 126 Å². The smallest absolute Gasteiger partial charge is 0.326 e. The molecule has 0 radical (unpaired) electrons. The van der Waals surface area contributed by atoms with E-state index in [1.807, 2.05) is 0 Å². The minimum Gasteiger partial charge on any atom is -0.487 e. The summed E-state index contributed by atoms with van der Waals surface area (Å²) < 4.78 is 5.82. The van der Waals surface area contributed by atoms with Crippen LogP contribution in [0.4, 0.5) is 0 Å². The average Bonchev–Trinajstić information content (AvgIpc) is 3.04. The molecule has 1 fully saturated rings. The summed E-state index contributed by atoms with van der Waals surface area (Å²) in [5.41, 5.74) is -0.266. The molecule has 3 N–H and O–H groups in total. The van der Waals surface area contributed by atoms with Gasteiger partial charge in [-0.2, -0.15) is 0 Å². The molecule has 10 heteroatoms. The Balaban J connectivity index is 1.69. The van der Waals surface area contributed by atoms with Crippen molar-refractivity contribution < 1.29 is 29.3 Å². The van der Waals surface area contributed by atoms with Crippen LogP contribution < -0.4 is 10.1 Å². The summed E-state index contributed by atoms with van der Waals surface area (Å²) in [5, 5.41) is 23.0. The van der Waals surface area contributed by atoms with Gasteiger partial charge in [0.2, 0.25) is 5.91 Å². The lowest BCUT2D eigenvalue weighted by atomic mass is 9.65. The van der Waals surface area contributed by atoms with Crippen LogP contribution in [0.2, 0.25) is 10.0 Å². The third-order valence-corrected chi connectivity index (χ3v) is 8.28. The molecule has 0 aliphatic heterocycles. The van der Waals surface area contributed by atoms with Crippen LogP contribution in [-0.4, -0.2) is 39.1 Å². The van der Waals surface area contributed by atoms with E-state index in [0.29, 0.717) is 45.6 Å². The number of hydrogen-bond acceptors (Lipinski definition) is 5. The Morgan fingerprint density at radius 3 is 2.31 bits per heavy atom. The van der Waals surface area contributed by atoms with Crippen LogP contribution in [0.1, 0.15) is 50.6 Å². The van der Waals surface area contributed by atoms with Crippen LogP contribution in [-0.2, 0) is 27.4 Å². The molecule has 0 spiro atoms. The first-order valence-corrected chi connectivity index (χ1v) is 12.3. The van der Waals surface area contributed by atoms with Crippen LogP contribution in [0.5, 0.6) is 5.75 Å². The number of carbonyl (C=O) groups excluding carboxylic acids is 1. The molecule has 8 nitrogen and oxygen atoms in total. The Bertz CT molecular complexity index is 1160. The summed E-state index contributed by atoms with van der Waals surface area (Å²) >= 11 is 12.4. The van der Waals surface area contributed by atoms with Gasteiger partial charge in [0.05, 0.1) is 11.1 Å². The highest BCUT2D eigenvalue weighted by Crippen LogP contribution is 2.56. The second kappa shape index (κ2) is 10.6. The number of carbonyl (C=O) groups is 3. The van der Waals surface area contributed by atoms with E-state index < -0.39 is 40.6 Å². The summed E-state index contributed by atoms with van der Waals surface area (Å²) in [6.45, 7) is 6.99. The van der Waals surface area contributed by atoms with Crippen molar-refractivity contribution in [1.82, 2.24) is 10.3 Å². The number of nitrogens with zero attached hydrogens (tertiary/aromatic N) is 1. The van der Waals surface area contributed by atoms with Crippen LogP contribution >= 0.6 is 23.2 Å². The molecule has 2 aromatic rings. The number of benzene rings is 1. The zero-order valence-corrected chi connectivity index (χ0v) is 22.1. The molecule has 36 heavy (non-hydrogen) atoms. The van der Waals surface area contributed by atoms with Crippen molar-refractivity contribution in [1.29, 1.82) is 0 Å². The minimum atomic E-state index is -1.22. The molecular weight excluding hydrogens is 507 g/mol. The van der Waals surface area contributed by atoms with Gasteiger partial charge in [0.25, 0.3) is 0 Å². The molecule has 1 amide bonds. The second-order valence-corrected chi connectivity index (χ2v) is 10.7. The molecule has 1 aliphatic rings. The Morgan fingerprint density at radius 2 is 1.78 bits per heavy atom. The molecule has 1 aromatic heterocycles. The maximum atomic E-state index is 13.0. The number of halogens is 2. The van der Waals surface area contributed by atoms with Gasteiger partial charge in [-0.15, -0.1) is 0 Å². The van der Waals surface area contributed by atoms with Gasteiger partial charge in [0.1, 0.15) is 18.4 Å². The lowest BCUT2D eigenvalue weighted by Crippen LogP contribution is -2.50. The first-order chi connectivity index (χ1) is 16.8. The first kappa shape index (κ1) is 27.7. The molecule has 0 unspecified atom stereocenters. The van der Waals surface area contributed by atoms with Gasteiger partial charge in [-0.1, -0.05) is 43.1 Å². The third kappa shape index (κ3) is 5.44. The lowest BCUT2D eigenvalue weighted by Gasteiger charge is -2.38. The number of rotatable bonds is 9. The standard InChI is InChI=1S/C26H30Cl2N2O6/c1-14-21(36-13-16-18(27)6-5-7-19(16)28)9-8-15(29-14)12-20(23(32)33)30-22(31)17-10-11-26(4,24(34)35)25(17,2)3/h5-9,17,20H,10-13H2,1-4H3,(H,30,31)(H,32,33)(H,34,35)/t17-,20+,26+/m1/s1. The maximum absolute atomic E-state index is 13.0. The van der Waals surface area contributed by atoms with Crippen molar-refractivity contribution in [3.8, 4) is 5.75 Å². The summed E-state index contributed by atoms with van der Waals surface area (Å²) in [6, 6.07) is 7.28. The summed E-state index contributed by atoms with van der Waals surface area (Å²) in [6.07, 6.45) is 0.668. The predicted molar refractivity (Wildman–Crippen MR) is 135 cm³/mol. The van der Waals surface area contributed by atoms with Crippen molar-refractivity contribution in [2.45, 2.75) is 59.6 Å². The van der Waals surface area contributed by atoms with Gasteiger partial charge >= 0.3 is 11.9 Å². The summed E-state index contributed by atoms with van der Waals surface area (Å²) in [7, 11) is 0. The number of aromatic nitrogens is 1. The van der Waals surface area contributed by atoms with Crippen molar-refractivity contribution in [3.05, 3.63) is 57.3 Å². The molecule has 1 saturated carbocycles. The number of pyridine rings is 1. The van der Waals surface area contributed by atoms with E-state index in [1.165, 1.54) is 0 Å². The van der Waals surface area contributed by atoms with Crippen molar-refractivity contribution in [2.75, 3.05) is 0 Å². The normalized spacial score (nSPS) is 21.6. The van der Waals surface area contributed by atoms with E-state index in [4.69, 9.17) is 27.9 Å². The molecule has 3 rings (SSSR count). The molecular formula is C26H30Cl2N2O6. The van der Waals surface area contributed by atoms with Crippen LogP contribution in [0.15, 0.2) is 30.3 Å². The molecule has 1 aromatic carbocycles. The number of nitrogens with one attached hydrogen (secondary N) is 1. The summed E-state index contributed by atoms with van der Waals surface area (Å²) in [4.78, 5) is 41.3. The Morgan fingerprint density at radius 1 is 1.14 bits per heavy atom. The molecule has 0 saturated heterocycles. The van der Waals surface area contributed by atoms with E-state index in [0.717, 1.165) is 0 Å². The van der Waals surface area contributed by atoms with E-state index in [1.54, 1.807) is 58.0 Å². The quantitative estimate of drug-likeness (QED) is 0.415. The van der Waals surface area contributed by atoms with E-state index >= 15 is 0 Å². The van der Waals surface area contributed by atoms with E-state index in [-0.39, 0.29) is 13.0 Å². The van der Waals surface area contributed by atoms with Gasteiger partial charge in [-0.25, -0.2) is 4.79 Å². The van der Waals surface area contributed by atoms with Crippen LogP contribution in [0.3, 0.4) is 0 Å². The Kier molecular flexibility index (Phi) is 8.20. The van der Waals surface area contributed by atoms with Crippen molar-refractivity contribution in [2.24, 2.45) is 16.7 Å². The SMILES string of the molecule is Cc1nc(C[C@H](NC(=O)[C@H]2CC[C@@](C)(C(=O)O)C2(C)C)C(=O)O)ccc1OCc1c(Cl)cccc1Cl. The number of ether oxygens (including phenoxy) is 1. The van der Waals surface area contributed by atoms with Crippen LogP contribution in [0.25, 0.3) is 0 Å². The Labute approximate surface area is 220 Å². The number of aliphatic carboxylic acids is 2. The van der Waals surface area contributed by atoms with Gasteiger partial charge in [0.15, 0.2) is 0 Å². The second-order valence-electron chi connectivity index (χ2n) is 9.93. The highest BCUT2D eigenvalue weighted by atomic mass is 35.5. The van der Waals surface area contributed by atoms with E-state index in [2.05, 4.69) is 10.3 Å². The predicted octanol–water partition coefficient (Wildman–Crippen LogP) is 4.91. The van der Waals surface area contributed by atoms with Gasteiger partial charge < -0.3 is 20.3 Å². The van der Waals surface area contributed by atoms with Crippen molar-refractivity contribution >= 4 is 41.0 Å². The number of carboxylic acids is 2. The van der Waals surface area contributed by atoms with Gasteiger partial charge in [0, 0.05) is 33.6 Å². The van der Waals surface area contributed by atoms with Gasteiger partial charge in [-0.05, 0) is 56.4 Å². The lowest BCUT2D eigenvalue weighted by molar-refractivity contribution is -0.155. The Hall–Kier alpha value is -2.84. The molecule has 194 valence electrons. The maximum Gasteiger partial charge on any atom is 0.326 e. The van der Waals surface area contributed by atoms with Crippen molar-refractivity contribution in [3.63, 3.8) is 0 Å². The van der Waals surface area contributed by atoms with Crippen LogP contribution in [0, 0.1) is 23.7 Å². The number of hydrogen-bond donors (Lipinski definition) is 3. The summed E-state index contributed by atoms with van der Waals surface area (Å²) in [5.74, 6) is -2.76. The largest absolute Gasteiger partial charge is 0.487 e. The molecule has 1 heterocycles. The zero-order valence-electron chi connectivity index (χ0n) is 20.6. The molecule has 3 atom stereocenters. The highest BCUT2D eigenvalue weighted by molar-refractivity contribution is 6.35. The fourth-order valence-electron chi connectivity index (χ4n) is 4.71. The zero-order chi connectivity index (χ0) is 26.8. The monoisotopic (exact) mass is 536 g/mol. The average molecular weight is 537 g/mol. The number of aryl methyl sites for hydroxylation is 1. The van der Waals surface area contributed by atoms with Gasteiger partial charge in [-0.3, -0.25) is 14.6 Å². The fourth-order valence-corrected chi connectivity index (χ4v) is 5.22. The molecule has 0 bridgehead atoms. The van der Waals surface area contributed by atoms with E-state index in [9.17, 15) is 24.6 Å². The fraction of sp³-hybridized carbons (Fsp3) is 0.462. The third-order valence-electron chi connectivity index (χ3n) is 7.57. The number of carboxylic acid groups (broad SMARTS) is 2. The first-order valence-electron chi connectivity index (χ1n) is 11.6.